The molecule has 0 saturated heterocycles. The zero-order valence-electron chi connectivity index (χ0n) is 12.7. The Balaban J connectivity index is 1.89. The quantitative estimate of drug-likeness (QED) is 0.873. The van der Waals surface area contributed by atoms with Crippen molar-refractivity contribution in [2.45, 2.75) is 51.1 Å². The topological polar surface area (TPSA) is 15.3 Å². The lowest BCUT2D eigenvalue weighted by Crippen LogP contribution is -2.52. The highest BCUT2D eigenvalue weighted by atomic mass is 15.2. The van der Waals surface area contributed by atoms with Gasteiger partial charge in [-0.3, -0.25) is 0 Å². The zero-order chi connectivity index (χ0) is 13.7. The Morgan fingerprint density at radius 3 is 2.53 bits per heavy atom. The minimum absolute atomic E-state index is 0.377. The molecule has 106 valence electrons. The van der Waals surface area contributed by atoms with Gasteiger partial charge in [0.15, 0.2) is 0 Å². The summed E-state index contributed by atoms with van der Waals surface area (Å²) < 4.78 is 0. The predicted molar refractivity (Wildman–Crippen MR) is 82.4 cm³/mol. The second-order valence-electron chi connectivity index (χ2n) is 6.27. The van der Waals surface area contributed by atoms with Gasteiger partial charge < -0.3 is 10.2 Å². The van der Waals surface area contributed by atoms with Gasteiger partial charge in [0.1, 0.15) is 0 Å². The van der Waals surface area contributed by atoms with Crippen LogP contribution in [0.2, 0.25) is 0 Å². The fraction of sp³-hybridized carbons (Fsp3) is 0.647. The number of hydrogen-bond donors (Lipinski definition) is 1. The normalized spacial score (nSPS) is 18.7. The molecule has 0 atom stereocenters. The van der Waals surface area contributed by atoms with Crippen LogP contribution in [0.15, 0.2) is 24.3 Å². The first-order chi connectivity index (χ1) is 9.12. The first kappa shape index (κ1) is 14.5. The molecule has 0 aliphatic heterocycles. The molecule has 1 N–H and O–H groups in total. The van der Waals surface area contributed by atoms with E-state index in [1.54, 1.807) is 0 Å². The van der Waals surface area contributed by atoms with Crippen molar-refractivity contribution in [1.82, 2.24) is 10.2 Å². The number of aryl methyl sites for hydroxylation is 1. The summed E-state index contributed by atoms with van der Waals surface area (Å²) in [5, 5.41) is 3.68. The number of likely N-dealkylation sites (N-methyl/N-ethyl adjacent to an activating group) is 1. The van der Waals surface area contributed by atoms with E-state index in [-0.39, 0.29) is 0 Å². The molecule has 2 nitrogen and oxygen atoms in total. The Hall–Kier alpha value is -0.860. The van der Waals surface area contributed by atoms with Crippen molar-refractivity contribution in [1.29, 1.82) is 0 Å². The SMILES string of the molecule is Cc1cccc(CNCC2(N(C)C)CCCCC2)c1. The standard InChI is InChI=1S/C17H28N2/c1-15-8-7-9-16(12-15)13-18-14-17(19(2)3)10-5-4-6-11-17/h7-9,12,18H,4-6,10-11,13-14H2,1-3H3. The van der Waals surface area contributed by atoms with Crippen molar-refractivity contribution in [2.75, 3.05) is 20.6 Å². The maximum absolute atomic E-state index is 3.68. The summed E-state index contributed by atoms with van der Waals surface area (Å²) >= 11 is 0. The molecule has 1 aliphatic carbocycles. The molecule has 19 heavy (non-hydrogen) atoms. The van der Waals surface area contributed by atoms with Crippen LogP contribution in [0.4, 0.5) is 0 Å². The lowest BCUT2D eigenvalue weighted by Gasteiger charge is -2.43. The molecule has 0 spiro atoms. The first-order valence-electron chi connectivity index (χ1n) is 7.56. The van der Waals surface area contributed by atoms with Gasteiger partial charge >= 0.3 is 0 Å². The Labute approximate surface area is 118 Å². The van der Waals surface area contributed by atoms with Crippen LogP contribution in [0.25, 0.3) is 0 Å². The van der Waals surface area contributed by atoms with Crippen molar-refractivity contribution in [3.63, 3.8) is 0 Å². The van der Waals surface area contributed by atoms with Gasteiger partial charge in [0, 0.05) is 18.6 Å². The van der Waals surface area contributed by atoms with Gasteiger partial charge in [-0.25, -0.2) is 0 Å². The second kappa shape index (κ2) is 6.53. The molecule has 1 aromatic carbocycles. The lowest BCUT2D eigenvalue weighted by atomic mass is 9.80. The van der Waals surface area contributed by atoms with Crippen LogP contribution in [-0.2, 0) is 6.54 Å². The molecule has 2 rings (SSSR count). The summed E-state index contributed by atoms with van der Waals surface area (Å²) in [6, 6.07) is 8.79. The molecule has 0 aromatic heterocycles. The van der Waals surface area contributed by atoms with Crippen molar-refractivity contribution in [3.05, 3.63) is 35.4 Å². The summed E-state index contributed by atoms with van der Waals surface area (Å²) in [5.41, 5.74) is 3.12. The number of rotatable bonds is 5. The van der Waals surface area contributed by atoms with Crippen molar-refractivity contribution < 1.29 is 0 Å². The minimum Gasteiger partial charge on any atom is -0.311 e. The van der Waals surface area contributed by atoms with E-state index in [9.17, 15) is 0 Å². The van der Waals surface area contributed by atoms with E-state index in [1.165, 1.54) is 43.2 Å². The third kappa shape index (κ3) is 3.80. The second-order valence-corrected chi connectivity index (χ2v) is 6.27. The van der Waals surface area contributed by atoms with Crippen LogP contribution < -0.4 is 5.32 Å². The highest BCUT2D eigenvalue weighted by molar-refractivity contribution is 5.22. The number of nitrogens with zero attached hydrogens (tertiary/aromatic N) is 1. The highest BCUT2D eigenvalue weighted by Gasteiger charge is 2.33. The summed E-state index contributed by atoms with van der Waals surface area (Å²) in [6.45, 7) is 4.25. The van der Waals surface area contributed by atoms with E-state index < -0.39 is 0 Å². The largest absolute Gasteiger partial charge is 0.311 e. The molecule has 0 unspecified atom stereocenters. The molecular formula is C17H28N2. The number of hydrogen-bond acceptors (Lipinski definition) is 2. The van der Waals surface area contributed by atoms with Gasteiger partial charge in [-0.15, -0.1) is 0 Å². The van der Waals surface area contributed by atoms with E-state index in [0.717, 1.165) is 13.1 Å². The van der Waals surface area contributed by atoms with Gasteiger partial charge in [0.2, 0.25) is 0 Å². The average Bonchev–Trinajstić information content (AvgIpc) is 2.40. The Morgan fingerprint density at radius 1 is 1.16 bits per heavy atom. The van der Waals surface area contributed by atoms with Crippen LogP contribution in [-0.4, -0.2) is 31.1 Å². The van der Waals surface area contributed by atoms with Crippen molar-refractivity contribution in [3.8, 4) is 0 Å². The maximum Gasteiger partial charge on any atom is 0.0328 e. The minimum atomic E-state index is 0.377. The predicted octanol–water partition coefficient (Wildman–Crippen LogP) is 3.35. The van der Waals surface area contributed by atoms with E-state index >= 15 is 0 Å². The molecule has 0 radical (unpaired) electrons. The van der Waals surface area contributed by atoms with E-state index in [0.29, 0.717) is 5.54 Å². The molecular weight excluding hydrogens is 232 g/mol. The molecule has 1 fully saturated rings. The zero-order valence-corrected chi connectivity index (χ0v) is 12.7. The van der Waals surface area contributed by atoms with E-state index in [2.05, 4.69) is 55.5 Å². The third-order valence-electron chi connectivity index (χ3n) is 4.60. The Morgan fingerprint density at radius 2 is 1.89 bits per heavy atom. The van der Waals surface area contributed by atoms with Crippen LogP contribution >= 0.6 is 0 Å². The number of nitrogens with one attached hydrogen (secondary N) is 1. The van der Waals surface area contributed by atoms with Gasteiger partial charge in [-0.1, -0.05) is 49.1 Å². The molecule has 1 aromatic rings. The molecule has 0 heterocycles. The third-order valence-corrected chi connectivity index (χ3v) is 4.60. The van der Waals surface area contributed by atoms with Crippen LogP contribution in [0.1, 0.15) is 43.2 Å². The molecule has 1 saturated carbocycles. The maximum atomic E-state index is 3.68. The van der Waals surface area contributed by atoms with Gasteiger partial charge in [-0.05, 0) is 39.4 Å². The fourth-order valence-electron chi connectivity index (χ4n) is 3.25. The summed E-state index contributed by atoms with van der Waals surface area (Å²) in [4.78, 5) is 2.44. The Bertz CT molecular complexity index is 392. The lowest BCUT2D eigenvalue weighted by molar-refractivity contribution is 0.0984. The van der Waals surface area contributed by atoms with Gasteiger partial charge in [-0.2, -0.15) is 0 Å². The fourth-order valence-corrected chi connectivity index (χ4v) is 3.25. The van der Waals surface area contributed by atoms with E-state index in [1.807, 2.05) is 0 Å². The van der Waals surface area contributed by atoms with Gasteiger partial charge in [0.25, 0.3) is 0 Å². The van der Waals surface area contributed by atoms with Crippen LogP contribution in [0, 0.1) is 6.92 Å². The highest BCUT2D eigenvalue weighted by Crippen LogP contribution is 2.31. The summed E-state index contributed by atoms with van der Waals surface area (Å²) in [7, 11) is 4.47. The monoisotopic (exact) mass is 260 g/mol. The van der Waals surface area contributed by atoms with Crippen LogP contribution in [0.3, 0.4) is 0 Å². The number of benzene rings is 1. The van der Waals surface area contributed by atoms with Gasteiger partial charge in [0.05, 0.1) is 0 Å². The molecule has 0 amide bonds. The van der Waals surface area contributed by atoms with Crippen LogP contribution in [0.5, 0.6) is 0 Å². The summed E-state index contributed by atoms with van der Waals surface area (Å²) in [6.07, 6.45) is 6.84. The van der Waals surface area contributed by atoms with E-state index in [4.69, 9.17) is 0 Å². The molecule has 2 heteroatoms. The first-order valence-corrected chi connectivity index (χ1v) is 7.56. The molecule has 0 bridgehead atoms. The summed E-state index contributed by atoms with van der Waals surface area (Å²) in [5.74, 6) is 0. The van der Waals surface area contributed by atoms with Crippen molar-refractivity contribution >= 4 is 0 Å². The Kier molecular flexibility index (Phi) is 5.00. The van der Waals surface area contributed by atoms with Crippen molar-refractivity contribution in [2.24, 2.45) is 0 Å². The average molecular weight is 260 g/mol. The molecule has 1 aliphatic rings. The smallest absolute Gasteiger partial charge is 0.0328 e.